The zero-order valence-electron chi connectivity index (χ0n) is 13.8. The van der Waals surface area contributed by atoms with Crippen molar-refractivity contribution in [1.82, 2.24) is 10.3 Å². The molecule has 0 bridgehead atoms. The Morgan fingerprint density at radius 2 is 2.12 bits per heavy atom. The van der Waals surface area contributed by atoms with Gasteiger partial charge in [-0.15, -0.1) is 0 Å². The Morgan fingerprint density at radius 1 is 1.38 bits per heavy atom. The van der Waals surface area contributed by atoms with Gasteiger partial charge in [0.1, 0.15) is 0 Å². The summed E-state index contributed by atoms with van der Waals surface area (Å²) in [6, 6.07) is 7.51. The first-order valence-corrected chi connectivity index (χ1v) is 9.69. The Hall–Kier alpha value is -1.00. The minimum absolute atomic E-state index is 0.0858. The van der Waals surface area contributed by atoms with E-state index in [0.29, 0.717) is 15.4 Å². The van der Waals surface area contributed by atoms with Gasteiger partial charge in [0.2, 0.25) is 0 Å². The van der Waals surface area contributed by atoms with Gasteiger partial charge in [0.25, 0.3) is 0 Å². The van der Waals surface area contributed by atoms with Crippen LogP contribution in [0.2, 0.25) is 9.73 Å². The maximum atomic E-state index is 12.6. The summed E-state index contributed by atoms with van der Waals surface area (Å²) in [6.45, 7) is 0. The fourth-order valence-corrected chi connectivity index (χ4v) is 4.84. The van der Waals surface area contributed by atoms with Crippen LogP contribution in [0.1, 0.15) is 29.8 Å². The van der Waals surface area contributed by atoms with Crippen molar-refractivity contribution in [2.24, 2.45) is 0 Å². The summed E-state index contributed by atoms with van der Waals surface area (Å²) >= 11 is 7.60. The van der Waals surface area contributed by atoms with Crippen LogP contribution in [0.3, 0.4) is 0 Å². The molecular weight excluding hydrogens is 391 g/mol. The molecule has 1 fully saturated rings. The molecule has 0 aliphatic heterocycles. The van der Waals surface area contributed by atoms with E-state index in [2.05, 4.69) is 10.3 Å². The van der Waals surface area contributed by atoms with E-state index in [1.807, 2.05) is 24.3 Å². The molecule has 2 aromatic rings. The standard InChI is InChI=1S/C17H22AsClN2O3/c1-23-17(24-2)6-5-14(12(18)9-17)21-16(22)15-8-10-7-11(19)3-4-13(10)20-15/h3-4,7-8,12,14,20H,5-6,9,18H2,1-2H3,(H,21,22). The van der Waals surface area contributed by atoms with Gasteiger partial charge in [-0.2, -0.15) is 0 Å². The molecule has 1 aliphatic carbocycles. The molecule has 1 heterocycles. The first-order valence-electron chi connectivity index (χ1n) is 7.91. The van der Waals surface area contributed by atoms with Gasteiger partial charge in [-0.05, 0) is 0 Å². The maximum absolute atomic E-state index is 12.6. The topological polar surface area (TPSA) is 63.4 Å². The van der Waals surface area contributed by atoms with E-state index < -0.39 is 5.79 Å². The Balaban J connectivity index is 1.70. The number of aromatic amines is 1. The third-order valence-electron chi connectivity index (χ3n) is 4.79. The number of methoxy groups -OCH3 is 2. The molecule has 1 aliphatic rings. The van der Waals surface area contributed by atoms with Crippen molar-refractivity contribution in [3.8, 4) is 0 Å². The normalized spacial score (nSPS) is 23.3. The van der Waals surface area contributed by atoms with Crippen molar-refractivity contribution >= 4 is 45.3 Å². The van der Waals surface area contributed by atoms with Crippen LogP contribution in [0, 0.1) is 0 Å². The van der Waals surface area contributed by atoms with Gasteiger partial charge in [0.15, 0.2) is 0 Å². The Labute approximate surface area is 154 Å². The SMILES string of the molecule is COC1(OC)CCC(NC(=O)c2cc3cc(Cl)ccc3[nH]2)C([AsH2])C1. The monoisotopic (exact) mass is 412 g/mol. The van der Waals surface area contributed by atoms with Gasteiger partial charge in [-0.3, -0.25) is 0 Å². The molecule has 1 amide bonds. The van der Waals surface area contributed by atoms with Crippen molar-refractivity contribution in [2.45, 2.75) is 35.8 Å². The number of rotatable bonds is 4. The molecule has 5 nitrogen and oxygen atoms in total. The molecule has 130 valence electrons. The number of halogens is 1. The molecule has 0 spiro atoms. The van der Waals surface area contributed by atoms with Crippen LogP contribution in [0.15, 0.2) is 24.3 Å². The van der Waals surface area contributed by atoms with E-state index in [4.69, 9.17) is 21.1 Å². The summed E-state index contributed by atoms with van der Waals surface area (Å²) in [5, 5.41) is 4.74. The van der Waals surface area contributed by atoms with Crippen molar-refractivity contribution < 1.29 is 14.3 Å². The number of carbonyl (C=O) groups is 1. The van der Waals surface area contributed by atoms with E-state index in [-0.39, 0.29) is 11.9 Å². The van der Waals surface area contributed by atoms with Crippen molar-refractivity contribution in [2.75, 3.05) is 14.2 Å². The van der Waals surface area contributed by atoms with Gasteiger partial charge in [0.05, 0.1) is 0 Å². The summed E-state index contributed by atoms with van der Waals surface area (Å²) in [5.41, 5.74) is 1.46. The molecule has 2 N–H and O–H groups in total. The van der Waals surface area contributed by atoms with Crippen molar-refractivity contribution in [1.29, 1.82) is 0 Å². The number of amides is 1. The van der Waals surface area contributed by atoms with E-state index in [9.17, 15) is 4.79 Å². The summed E-state index contributed by atoms with van der Waals surface area (Å²) in [7, 11) is 3.36. The second-order valence-electron chi connectivity index (χ2n) is 6.22. The zero-order chi connectivity index (χ0) is 17.3. The van der Waals surface area contributed by atoms with Crippen molar-refractivity contribution in [3.05, 3.63) is 35.0 Å². The van der Waals surface area contributed by atoms with Crippen LogP contribution in [0.25, 0.3) is 10.9 Å². The van der Waals surface area contributed by atoms with Crippen LogP contribution < -0.4 is 5.32 Å². The fourth-order valence-electron chi connectivity index (χ4n) is 3.30. The Bertz CT molecular complexity index is 745. The molecular formula is C17H22AsClN2O3. The number of carbonyl (C=O) groups excluding carboxylic acids is 1. The van der Waals surface area contributed by atoms with E-state index in [1.54, 1.807) is 31.1 Å². The van der Waals surface area contributed by atoms with Gasteiger partial charge in [-0.25, -0.2) is 0 Å². The van der Waals surface area contributed by atoms with Gasteiger partial charge >= 0.3 is 155 Å². The zero-order valence-corrected chi connectivity index (χ0v) is 16.9. The molecule has 1 aromatic carbocycles. The molecule has 3 unspecified atom stereocenters. The molecule has 0 saturated heterocycles. The Morgan fingerprint density at radius 3 is 2.79 bits per heavy atom. The number of benzene rings is 1. The first-order chi connectivity index (χ1) is 11.5. The average Bonchev–Trinajstić information content (AvgIpc) is 3.00. The minimum atomic E-state index is -0.514. The predicted molar refractivity (Wildman–Crippen MR) is 97.5 cm³/mol. The van der Waals surface area contributed by atoms with Gasteiger partial charge in [0, 0.05) is 0 Å². The fraction of sp³-hybridized carbons (Fsp3) is 0.471. The molecule has 3 rings (SSSR count). The third kappa shape index (κ3) is 3.50. The number of hydrogen-bond acceptors (Lipinski definition) is 3. The van der Waals surface area contributed by atoms with Crippen LogP contribution in [0.5, 0.6) is 0 Å². The molecule has 1 saturated carbocycles. The second kappa shape index (κ2) is 7.09. The predicted octanol–water partition coefficient (Wildman–Crippen LogP) is 2.51. The summed E-state index contributed by atoms with van der Waals surface area (Å²) < 4.78 is 11.4. The molecule has 3 atom stereocenters. The molecule has 1 aromatic heterocycles. The summed E-state index contributed by atoms with van der Waals surface area (Å²) in [6.07, 6.45) is 2.39. The second-order valence-corrected chi connectivity index (χ2v) is 8.45. The molecule has 0 radical (unpaired) electrons. The number of nitrogens with one attached hydrogen (secondary N) is 2. The van der Waals surface area contributed by atoms with E-state index in [1.165, 1.54) is 0 Å². The number of H-pyrrole nitrogens is 1. The van der Waals surface area contributed by atoms with E-state index in [0.717, 1.165) is 30.2 Å². The van der Waals surface area contributed by atoms with Gasteiger partial charge < -0.3 is 0 Å². The van der Waals surface area contributed by atoms with E-state index >= 15 is 0 Å². The van der Waals surface area contributed by atoms with Crippen molar-refractivity contribution in [3.63, 3.8) is 0 Å². The Kier molecular flexibility index (Phi) is 5.26. The number of fused-ring (bicyclic) bond motifs is 1. The average molecular weight is 413 g/mol. The first kappa shape index (κ1) is 17.8. The number of ether oxygens (including phenoxy) is 2. The van der Waals surface area contributed by atoms with Gasteiger partial charge in [-0.1, -0.05) is 0 Å². The van der Waals surface area contributed by atoms with Crippen LogP contribution >= 0.6 is 11.6 Å². The molecule has 7 heteroatoms. The third-order valence-corrected chi connectivity index (χ3v) is 6.49. The number of aromatic nitrogens is 1. The number of hydrogen-bond donors (Lipinski definition) is 2. The van der Waals surface area contributed by atoms with Crippen LogP contribution in [0.4, 0.5) is 0 Å². The summed E-state index contributed by atoms with van der Waals surface area (Å²) in [4.78, 5) is 15.7. The van der Waals surface area contributed by atoms with Crippen LogP contribution in [-0.2, 0) is 9.47 Å². The summed E-state index contributed by atoms with van der Waals surface area (Å²) in [5.74, 6) is -0.599. The quantitative estimate of drug-likeness (QED) is 0.599. The molecule has 24 heavy (non-hydrogen) atoms. The van der Waals surface area contributed by atoms with Crippen LogP contribution in [-0.4, -0.2) is 53.8 Å².